The van der Waals surface area contributed by atoms with Gasteiger partial charge in [0, 0.05) is 12.3 Å². The van der Waals surface area contributed by atoms with Crippen molar-refractivity contribution in [3.8, 4) is 0 Å². The smallest absolute Gasteiger partial charge is 0.247 e. The summed E-state index contributed by atoms with van der Waals surface area (Å²) < 4.78 is 0. The van der Waals surface area contributed by atoms with E-state index in [0.717, 1.165) is 17.8 Å². The number of nitrogens with one attached hydrogen (secondary N) is 1. The quantitative estimate of drug-likeness (QED) is 0.858. The largest absolute Gasteiger partial charge is 0.329 e. The molecule has 0 spiro atoms. The Morgan fingerprint density at radius 3 is 2.61 bits per heavy atom. The molecule has 100 valence electrons. The molecule has 1 aliphatic carbocycles. The average molecular weight is 247 g/mol. The van der Waals surface area contributed by atoms with E-state index in [4.69, 9.17) is 0 Å². The summed E-state index contributed by atoms with van der Waals surface area (Å²) in [4.78, 5) is 13.8. The highest BCUT2D eigenvalue weighted by atomic mass is 16.1. The second kappa shape index (κ2) is 5.73. The second-order valence-electron chi connectivity index (χ2n) is 6.31. The van der Waals surface area contributed by atoms with Gasteiger partial charge < -0.3 is 4.98 Å². The minimum Gasteiger partial charge on any atom is -0.329 e. The molecule has 0 radical (unpaired) electrons. The molecular weight excluding hydrogens is 222 g/mol. The van der Waals surface area contributed by atoms with Gasteiger partial charge in [0.05, 0.1) is 0 Å². The molecule has 1 aromatic heterocycles. The van der Waals surface area contributed by atoms with Crippen molar-refractivity contribution in [1.29, 1.82) is 0 Å². The van der Waals surface area contributed by atoms with E-state index >= 15 is 0 Å². The van der Waals surface area contributed by atoms with E-state index in [-0.39, 0.29) is 5.56 Å². The van der Waals surface area contributed by atoms with Gasteiger partial charge in [-0.3, -0.25) is 4.79 Å². The third kappa shape index (κ3) is 3.24. The van der Waals surface area contributed by atoms with Crippen LogP contribution >= 0.6 is 0 Å². The fraction of sp³-hybridized carbons (Fsp3) is 0.688. The van der Waals surface area contributed by atoms with E-state index in [9.17, 15) is 4.79 Å². The lowest BCUT2D eigenvalue weighted by Gasteiger charge is -2.18. The van der Waals surface area contributed by atoms with Gasteiger partial charge in [0.15, 0.2) is 0 Å². The van der Waals surface area contributed by atoms with Crippen molar-refractivity contribution in [2.45, 2.75) is 52.4 Å². The van der Waals surface area contributed by atoms with Gasteiger partial charge in [0.2, 0.25) is 5.56 Å². The molecule has 2 rings (SSSR count). The van der Waals surface area contributed by atoms with Crippen LogP contribution in [-0.4, -0.2) is 4.98 Å². The van der Waals surface area contributed by atoms with Gasteiger partial charge in [-0.1, -0.05) is 33.3 Å². The zero-order chi connectivity index (χ0) is 13.1. The molecule has 1 fully saturated rings. The lowest BCUT2D eigenvalue weighted by molar-refractivity contribution is 0.365. The lowest BCUT2D eigenvalue weighted by Crippen LogP contribution is -2.08. The van der Waals surface area contributed by atoms with Crippen molar-refractivity contribution < 1.29 is 0 Å². The van der Waals surface area contributed by atoms with Crippen LogP contribution in [0.1, 0.15) is 57.9 Å². The minimum absolute atomic E-state index is 0.00770. The van der Waals surface area contributed by atoms with Crippen LogP contribution in [0.2, 0.25) is 0 Å². The van der Waals surface area contributed by atoms with Gasteiger partial charge in [0.25, 0.3) is 0 Å². The first-order valence-corrected chi connectivity index (χ1v) is 7.25. The highest BCUT2D eigenvalue weighted by Crippen LogP contribution is 2.40. The van der Waals surface area contributed by atoms with Gasteiger partial charge in [0.1, 0.15) is 0 Å². The van der Waals surface area contributed by atoms with Crippen molar-refractivity contribution in [2.24, 2.45) is 17.8 Å². The first-order valence-electron chi connectivity index (χ1n) is 7.25. The Balaban J connectivity index is 1.90. The molecule has 0 aliphatic heterocycles. The summed E-state index contributed by atoms with van der Waals surface area (Å²) >= 11 is 0. The molecule has 2 nitrogen and oxygen atoms in total. The maximum Gasteiger partial charge on any atom is 0.247 e. The fourth-order valence-corrected chi connectivity index (χ4v) is 3.30. The van der Waals surface area contributed by atoms with Crippen LogP contribution in [0.15, 0.2) is 23.1 Å². The standard InChI is InChI=1S/C16H25NO/c1-11(2)14-5-4-13(9-14)8-12(3)15-6-7-16(18)17-10-15/h6-7,10-14H,4-5,8-9H2,1-3H3,(H,17,18). The summed E-state index contributed by atoms with van der Waals surface area (Å²) in [6.07, 6.45) is 7.32. The Hall–Kier alpha value is -1.05. The van der Waals surface area contributed by atoms with Gasteiger partial charge in [-0.05, 0) is 48.5 Å². The molecule has 3 atom stereocenters. The molecule has 1 saturated carbocycles. The number of hydrogen-bond acceptors (Lipinski definition) is 1. The number of H-pyrrole nitrogens is 1. The number of aromatic nitrogens is 1. The summed E-state index contributed by atoms with van der Waals surface area (Å²) in [7, 11) is 0. The van der Waals surface area contributed by atoms with Crippen LogP contribution in [0.5, 0.6) is 0 Å². The average Bonchev–Trinajstić information content (AvgIpc) is 2.78. The van der Waals surface area contributed by atoms with Crippen molar-refractivity contribution in [3.63, 3.8) is 0 Å². The van der Waals surface area contributed by atoms with Gasteiger partial charge in [-0.25, -0.2) is 0 Å². The highest BCUT2D eigenvalue weighted by molar-refractivity contribution is 5.13. The van der Waals surface area contributed by atoms with Crippen LogP contribution in [0.3, 0.4) is 0 Å². The molecule has 1 heterocycles. The second-order valence-corrected chi connectivity index (χ2v) is 6.31. The molecule has 1 aliphatic rings. The van der Waals surface area contributed by atoms with Crippen LogP contribution < -0.4 is 5.56 Å². The van der Waals surface area contributed by atoms with Crippen molar-refractivity contribution >= 4 is 0 Å². The molecule has 0 amide bonds. The number of rotatable bonds is 4. The maximum atomic E-state index is 11.1. The van der Waals surface area contributed by atoms with E-state index in [0.29, 0.717) is 5.92 Å². The van der Waals surface area contributed by atoms with Gasteiger partial charge in [-0.15, -0.1) is 0 Å². The van der Waals surface area contributed by atoms with Gasteiger partial charge >= 0.3 is 0 Å². The normalized spacial score (nSPS) is 25.6. The first kappa shape index (κ1) is 13.4. The van der Waals surface area contributed by atoms with Crippen molar-refractivity contribution in [3.05, 3.63) is 34.2 Å². The molecule has 18 heavy (non-hydrogen) atoms. The SMILES string of the molecule is CC(CC1CCC(C(C)C)C1)c1ccc(=O)[nH]c1. The van der Waals surface area contributed by atoms with Crippen molar-refractivity contribution in [1.82, 2.24) is 4.98 Å². The Kier molecular flexibility index (Phi) is 4.26. The van der Waals surface area contributed by atoms with Crippen LogP contribution in [0.4, 0.5) is 0 Å². The zero-order valence-corrected chi connectivity index (χ0v) is 11.8. The third-order valence-corrected chi connectivity index (χ3v) is 4.59. The first-order chi connectivity index (χ1) is 8.56. The Morgan fingerprint density at radius 2 is 2.06 bits per heavy atom. The lowest BCUT2D eigenvalue weighted by atomic mass is 9.88. The predicted octanol–water partition coefficient (Wildman–Crippen LogP) is 3.94. The Bertz CT molecular complexity index is 414. The minimum atomic E-state index is -0.00770. The maximum absolute atomic E-state index is 11.1. The van der Waals surface area contributed by atoms with E-state index in [2.05, 4.69) is 25.8 Å². The summed E-state index contributed by atoms with van der Waals surface area (Å²) in [6.45, 7) is 6.97. The number of aromatic amines is 1. The molecular formula is C16H25NO. The molecule has 1 aromatic rings. The Labute approximate surface area is 110 Å². The van der Waals surface area contributed by atoms with Crippen LogP contribution in [0, 0.1) is 17.8 Å². The van der Waals surface area contributed by atoms with E-state index in [1.165, 1.54) is 31.2 Å². The topological polar surface area (TPSA) is 32.9 Å². The van der Waals surface area contributed by atoms with Crippen molar-refractivity contribution in [2.75, 3.05) is 0 Å². The van der Waals surface area contributed by atoms with E-state index < -0.39 is 0 Å². The molecule has 3 unspecified atom stereocenters. The Morgan fingerprint density at radius 1 is 1.28 bits per heavy atom. The summed E-state index contributed by atoms with van der Waals surface area (Å²) in [5.74, 6) is 3.19. The number of pyridine rings is 1. The monoisotopic (exact) mass is 247 g/mol. The summed E-state index contributed by atoms with van der Waals surface area (Å²) in [5, 5.41) is 0. The fourth-order valence-electron chi connectivity index (χ4n) is 3.30. The molecule has 0 bridgehead atoms. The zero-order valence-electron chi connectivity index (χ0n) is 11.8. The van der Waals surface area contributed by atoms with Crippen LogP contribution in [0.25, 0.3) is 0 Å². The number of hydrogen-bond donors (Lipinski definition) is 1. The van der Waals surface area contributed by atoms with Crippen LogP contribution in [-0.2, 0) is 0 Å². The summed E-state index contributed by atoms with van der Waals surface area (Å²) in [5.41, 5.74) is 1.26. The van der Waals surface area contributed by atoms with E-state index in [1.807, 2.05) is 12.3 Å². The molecule has 0 saturated heterocycles. The van der Waals surface area contributed by atoms with Gasteiger partial charge in [-0.2, -0.15) is 0 Å². The predicted molar refractivity (Wildman–Crippen MR) is 75.8 cm³/mol. The van der Waals surface area contributed by atoms with E-state index in [1.54, 1.807) is 6.07 Å². The molecule has 1 N–H and O–H groups in total. The molecule has 0 aromatic carbocycles. The summed E-state index contributed by atoms with van der Waals surface area (Å²) in [6, 6.07) is 3.61. The molecule has 2 heteroatoms. The third-order valence-electron chi connectivity index (χ3n) is 4.59. The highest BCUT2D eigenvalue weighted by Gasteiger charge is 2.27.